The molecule has 0 fully saturated rings. The molecule has 554 valence electrons. The minimum atomic E-state index is -4.98. The average molecular weight is 1390 g/mol. The molecule has 5 atom stereocenters. The van der Waals surface area contributed by atoms with Crippen molar-refractivity contribution < 1.29 is 80.2 Å². The fraction of sp³-hybridized carbons (Fsp3) is 0.740. The fourth-order valence-corrected chi connectivity index (χ4v) is 11.4. The summed E-state index contributed by atoms with van der Waals surface area (Å²) in [7, 11) is -9.96. The van der Waals surface area contributed by atoms with E-state index in [-0.39, 0.29) is 25.7 Å². The molecule has 0 aliphatic heterocycles. The third-order valence-corrected chi connectivity index (χ3v) is 17.4. The van der Waals surface area contributed by atoms with E-state index in [1.165, 1.54) is 70.6 Å². The molecule has 0 aromatic rings. The van der Waals surface area contributed by atoms with Crippen molar-refractivity contribution >= 4 is 39.5 Å². The SMILES string of the molecule is CC/C=C\C/C=C\C/C=C\C/C=C\CCCCC(=O)OCC(COP(=O)(O)OCC(O)COP(=O)(O)OCC(COC(=O)CCCCCCC/C=C\C/C=C\CCCCC)OC(=O)CCCCCCC/C=C\C/C=C\CCC)OC(=O)CCCCCCCCCCCCCCC. The summed E-state index contributed by atoms with van der Waals surface area (Å²) in [5, 5.41) is 10.6. The van der Waals surface area contributed by atoms with Gasteiger partial charge in [-0.25, -0.2) is 9.13 Å². The van der Waals surface area contributed by atoms with Crippen molar-refractivity contribution in [1.29, 1.82) is 0 Å². The van der Waals surface area contributed by atoms with E-state index >= 15 is 0 Å². The Balaban J connectivity index is 5.38. The van der Waals surface area contributed by atoms with Gasteiger partial charge in [0.25, 0.3) is 0 Å². The molecule has 0 aliphatic rings. The van der Waals surface area contributed by atoms with Gasteiger partial charge in [0.15, 0.2) is 12.2 Å². The molecule has 17 nitrogen and oxygen atoms in total. The molecule has 0 spiro atoms. The number of hydrogen-bond donors (Lipinski definition) is 3. The van der Waals surface area contributed by atoms with Crippen LogP contribution in [0.25, 0.3) is 0 Å². The predicted molar refractivity (Wildman–Crippen MR) is 390 cm³/mol. The summed E-state index contributed by atoms with van der Waals surface area (Å²) >= 11 is 0. The Morgan fingerprint density at radius 3 is 0.917 bits per heavy atom. The Hall–Kier alpha value is -4.02. The zero-order valence-electron chi connectivity index (χ0n) is 60.3. The molecule has 96 heavy (non-hydrogen) atoms. The van der Waals surface area contributed by atoms with Crippen LogP contribution in [-0.4, -0.2) is 96.7 Å². The number of ether oxygens (including phenoxy) is 4. The summed E-state index contributed by atoms with van der Waals surface area (Å²) in [6.45, 7) is 4.60. The number of hydrogen-bond acceptors (Lipinski definition) is 15. The molecule has 0 bridgehead atoms. The largest absolute Gasteiger partial charge is 0.472 e. The van der Waals surface area contributed by atoms with Gasteiger partial charge in [-0.2, -0.15) is 0 Å². The second-order valence-electron chi connectivity index (χ2n) is 24.9. The molecule has 5 unspecified atom stereocenters. The Morgan fingerprint density at radius 2 is 0.562 bits per heavy atom. The van der Waals surface area contributed by atoms with Gasteiger partial charge in [-0.1, -0.05) is 260 Å². The molecule has 0 aliphatic carbocycles. The lowest BCUT2D eigenvalue weighted by Gasteiger charge is -2.21. The van der Waals surface area contributed by atoms with Gasteiger partial charge in [0.1, 0.15) is 19.3 Å². The van der Waals surface area contributed by atoms with Crippen LogP contribution in [0.3, 0.4) is 0 Å². The van der Waals surface area contributed by atoms with Crippen LogP contribution in [0, 0.1) is 0 Å². The Labute approximate surface area is 582 Å². The van der Waals surface area contributed by atoms with Crippen LogP contribution in [0.15, 0.2) is 97.2 Å². The lowest BCUT2D eigenvalue weighted by molar-refractivity contribution is -0.161. The third kappa shape index (κ3) is 68.5. The van der Waals surface area contributed by atoms with Crippen molar-refractivity contribution in [3.8, 4) is 0 Å². The normalized spacial score (nSPS) is 14.5. The van der Waals surface area contributed by atoms with E-state index in [9.17, 15) is 43.2 Å². The van der Waals surface area contributed by atoms with Crippen molar-refractivity contribution in [3.05, 3.63) is 97.2 Å². The van der Waals surface area contributed by atoms with Crippen molar-refractivity contribution in [2.45, 2.75) is 329 Å². The van der Waals surface area contributed by atoms with Crippen molar-refractivity contribution in [2.75, 3.05) is 39.6 Å². The number of esters is 4. The summed E-state index contributed by atoms with van der Waals surface area (Å²) in [4.78, 5) is 72.7. The number of unbranched alkanes of at least 4 members (excludes halogenated alkanes) is 28. The smallest absolute Gasteiger partial charge is 0.462 e. The highest BCUT2D eigenvalue weighted by atomic mass is 31.2. The van der Waals surface area contributed by atoms with E-state index in [2.05, 4.69) is 125 Å². The zero-order chi connectivity index (χ0) is 70.4. The number of rotatable bonds is 70. The summed E-state index contributed by atoms with van der Waals surface area (Å²) in [5.74, 6) is -2.24. The number of phosphoric ester groups is 2. The van der Waals surface area contributed by atoms with Crippen LogP contribution in [0.4, 0.5) is 0 Å². The van der Waals surface area contributed by atoms with Crippen LogP contribution in [-0.2, 0) is 65.4 Å². The lowest BCUT2D eigenvalue weighted by atomic mass is 10.0. The number of allylic oxidation sites excluding steroid dienone is 16. The van der Waals surface area contributed by atoms with Crippen molar-refractivity contribution in [1.82, 2.24) is 0 Å². The number of carbonyl (C=O) groups is 4. The molecule has 0 amide bonds. The summed E-state index contributed by atoms with van der Waals surface area (Å²) in [6.07, 6.45) is 71.2. The van der Waals surface area contributed by atoms with Gasteiger partial charge in [0.2, 0.25) is 0 Å². The monoisotopic (exact) mass is 1390 g/mol. The van der Waals surface area contributed by atoms with E-state index in [4.69, 9.17) is 37.0 Å². The quantitative estimate of drug-likeness (QED) is 0.0169. The number of aliphatic hydroxyl groups is 1. The van der Waals surface area contributed by atoms with Gasteiger partial charge in [-0.15, -0.1) is 0 Å². The first kappa shape index (κ1) is 92.0. The minimum absolute atomic E-state index is 0.0751. The maximum Gasteiger partial charge on any atom is 0.472 e. The van der Waals surface area contributed by atoms with Gasteiger partial charge < -0.3 is 33.8 Å². The molecule has 3 N–H and O–H groups in total. The molecule has 0 rings (SSSR count). The van der Waals surface area contributed by atoms with Crippen molar-refractivity contribution in [2.24, 2.45) is 0 Å². The molecular formula is C77H134O17P2. The standard InChI is InChI=1S/C77H134O17P2/c1-5-9-13-17-21-25-29-33-35-39-41-45-49-53-57-61-74(79)87-67-72(93-76(81)63-59-55-51-47-43-37-31-27-23-19-15-11-7-3)69-91-95(83,84)89-65-71(78)66-90-96(85,86)92-70-73(94-77(82)64-60-56-52-48-44-38-32-28-24-20-16-12-8-4)68-88-75(80)62-58-54-50-46-42-40-36-34-30-26-22-18-14-10-6-2/h9,13,16,20-22,25-26,28,32-36,41,45,71-73,78H,5-8,10-12,14-15,17-19,23-24,27,29-31,37-40,42-44,46-70H2,1-4H3,(H,83,84)(H,85,86)/b13-9-,20-16-,25-21-,26-22-,32-28-,35-33-,36-34-,45-41-. The van der Waals surface area contributed by atoms with Crippen LogP contribution in [0.5, 0.6) is 0 Å². The van der Waals surface area contributed by atoms with Gasteiger partial charge in [0.05, 0.1) is 26.4 Å². The zero-order valence-corrected chi connectivity index (χ0v) is 62.1. The summed E-state index contributed by atoms with van der Waals surface area (Å²) in [6, 6.07) is 0. The second-order valence-corrected chi connectivity index (χ2v) is 27.8. The molecular weight excluding hydrogens is 1260 g/mol. The van der Waals surface area contributed by atoms with Crippen LogP contribution < -0.4 is 0 Å². The molecule has 0 aromatic carbocycles. The van der Waals surface area contributed by atoms with E-state index in [1.807, 2.05) is 0 Å². The van der Waals surface area contributed by atoms with Gasteiger partial charge in [-0.3, -0.25) is 37.3 Å². The Kier molecular flexibility index (Phi) is 66.6. The summed E-state index contributed by atoms with van der Waals surface area (Å²) in [5.41, 5.74) is 0. The molecule has 0 radical (unpaired) electrons. The maximum atomic E-state index is 13.1. The van der Waals surface area contributed by atoms with Gasteiger partial charge in [0, 0.05) is 25.7 Å². The van der Waals surface area contributed by atoms with E-state index < -0.39 is 97.5 Å². The Bertz CT molecular complexity index is 2200. The maximum absolute atomic E-state index is 13.1. The van der Waals surface area contributed by atoms with Crippen LogP contribution >= 0.6 is 15.6 Å². The number of aliphatic hydroxyl groups excluding tert-OH is 1. The second kappa shape index (κ2) is 69.5. The minimum Gasteiger partial charge on any atom is -0.462 e. The Morgan fingerprint density at radius 1 is 0.302 bits per heavy atom. The van der Waals surface area contributed by atoms with E-state index in [0.717, 1.165) is 161 Å². The van der Waals surface area contributed by atoms with Gasteiger partial charge in [-0.05, 0) is 122 Å². The van der Waals surface area contributed by atoms with Crippen LogP contribution in [0.1, 0.15) is 310 Å². The fourth-order valence-electron chi connectivity index (χ4n) is 9.81. The molecule has 19 heteroatoms. The lowest BCUT2D eigenvalue weighted by Crippen LogP contribution is -2.30. The van der Waals surface area contributed by atoms with E-state index in [1.54, 1.807) is 0 Å². The topological polar surface area (TPSA) is 237 Å². The third-order valence-electron chi connectivity index (χ3n) is 15.5. The first-order valence-corrected chi connectivity index (χ1v) is 40.5. The van der Waals surface area contributed by atoms with Gasteiger partial charge >= 0.3 is 39.5 Å². The number of carbonyl (C=O) groups excluding carboxylic acids is 4. The molecule has 0 saturated carbocycles. The highest BCUT2D eigenvalue weighted by Crippen LogP contribution is 2.45. The average Bonchev–Trinajstić information content (AvgIpc) is 1.14. The molecule has 0 heterocycles. The predicted octanol–water partition coefficient (Wildman–Crippen LogP) is 21.2. The molecule has 0 aromatic heterocycles. The first-order valence-electron chi connectivity index (χ1n) is 37.5. The first-order chi connectivity index (χ1) is 46.7. The van der Waals surface area contributed by atoms with Crippen LogP contribution in [0.2, 0.25) is 0 Å². The summed E-state index contributed by atoms with van der Waals surface area (Å²) < 4.78 is 68.3. The number of phosphoric acid groups is 2. The molecule has 0 saturated heterocycles. The van der Waals surface area contributed by atoms with E-state index in [0.29, 0.717) is 25.7 Å². The highest BCUT2D eigenvalue weighted by Gasteiger charge is 2.30. The van der Waals surface area contributed by atoms with Crippen molar-refractivity contribution in [3.63, 3.8) is 0 Å². The highest BCUT2D eigenvalue weighted by molar-refractivity contribution is 7.47.